The molecule has 94 valence electrons. The van der Waals surface area contributed by atoms with E-state index < -0.39 is 0 Å². The Morgan fingerprint density at radius 2 is 2.24 bits per heavy atom. The SMILES string of the molecule is CNCC1CCCOC1c1cc(Cl)ccc1Cl. The van der Waals surface area contributed by atoms with Crippen molar-refractivity contribution in [1.82, 2.24) is 5.32 Å². The molecular formula is C13H17Cl2NO. The van der Waals surface area contributed by atoms with E-state index in [1.165, 1.54) is 0 Å². The summed E-state index contributed by atoms with van der Waals surface area (Å²) in [6.45, 7) is 1.74. The molecule has 2 atom stereocenters. The van der Waals surface area contributed by atoms with E-state index in [1.54, 1.807) is 0 Å². The first-order valence-electron chi connectivity index (χ1n) is 5.93. The van der Waals surface area contributed by atoms with Crippen LogP contribution in [-0.2, 0) is 4.74 Å². The maximum Gasteiger partial charge on any atom is 0.0880 e. The van der Waals surface area contributed by atoms with E-state index in [-0.39, 0.29) is 6.10 Å². The van der Waals surface area contributed by atoms with Crippen molar-refractivity contribution in [3.8, 4) is 0 Å². The van der Waals surface area contributed by atoms with Gasteiger partial charge in [-0.25, -0.2) is 0 Å². The molecule has 2 rings (SSSR count). The van der Waals surface area contributed by atoms with Gasteiger partial charge in [0.25, 0.3) is 0 Å². The summed E-state index contributed by atoms with van der Waals surface area (Å²) in [7, 11) is 1.96. The van der Waals surface area contributed by atoms with Crippen LogP contribution in [0.25, 0.3) is 0 Å². The van der Waals surface area contributed by atoms with Gasteiger partial charge in [-0.15, -0.1) is 0 Å². The van der Waals surface area contributed by atoms with E-state index in [4.69, 9.17) is 27.9 Å². The molecule has 0 radical (unpaired) electrons. The summed E-state index contributed by atoms with van der Waals surface area (Å²) in [5, 5.41) is 4.66. The summed E-state index contributed by atoms with van der Waals surface area (Å²) >= 11 is 12.3. The fourth-order valence-electron chi connectivity index (χ4n) is 2.39. The second-order valence-corrected chi connectivity index (χ2v) is 5.26. The lowest BCUT2D eigenvalue weighted by Gasteiger charge is -2.32. The van der Waals surface area contributed by atoms with Crippen LogP contribution in [0, 0.1) is 5.92 Å². The van der Waals surface area contributed by atoms with Crippen LogP contribution >= 0.6 is 23.2 Å². The molecule has 1 aromatic rings. The molecule has 1 heterocycles. The molecule has 0 saturated carbocycles. The highest BCUT2D eigenvalue weighted by atomic mass is 35.5. The zero-order chi connectivity index (χ0) is 12.3. The topological polar surface area (TPSA) is 21.3 Å². The molecule has 1 aromatic carbocycles. The fraction of sp³-hybridized carbons (Fsp3) is 0.538. The molecule has 0 aromatic heterocycles. The summed E-state index contributed by atoms with van der Waals surface area (Å²) in [4.78, 5) is 0. The van der Waals surface area contributed by atoms with Crippen molar-refractivity contribution >= 4 is 23.2 Å². The summed E-state index contributed by atoms with van der Waals surface area (Å²) < 4.78 is 5.88. The third-order valence-electron chi connectivity index (χ3n) is 3.18. The highest BCUT2D eigenvalue weighted by molar-refractivity contribution is 6.33. The maximum atomic E-state index is 6.24. The monoisotopic (exact) mass is 273 g/mol. The lowest BCUT2D eigenvalue weighted by atomic mass is 9.89. The number of rotatable bonds is 3. The summed E-state index contributed by atoms with van der Waals surface area (Å²) in [5.74, 6) is 0.463. The largest absolute Gasteiger partial charge is 0.373 e. The molecule has 1 aliphatic rings. The van der Waals surface area contributed by atoms with E-state index in [0.717, 1.165) is 36.6 Å². The Morgan fingerprint density at radius 1 is 1.41 bits per heavy atom. The molecule has 0 aliphatic carbocycles. The van der Waals surface area contributed by atoms with Gasteiger partial charge in [-0.2, -0.15) is 0 Å². The number of nitrogens with one attached hydrogen (secondary N) is 1. The van der Waals surface area contributed by atoms with Gasteiger partial charge in [-0.05, 0) is 38.1 Å². The first kappa shape index (κ1) is 13.2. The Kier molecular flexibility index (Phi) is 4.69. The van der Waals surface area contributed by atoms with Crippen LogP contribution in [0.15, 0.2) is 18.2 Å². The Morgan fingerprint density at radius 3 is 3.00 bits per heavy atom. The van der Waals surface area contributed by atoms with Crippen LogP contribution in [0.5, 0.6) is 0 Å². The zero-order valence-corrected chi connectivity index (χ0v) is 11.4. The molecule has 0 spiro atoms. The third kappa shape index (κ3) is 3.14. The van der Waals surface area contributed by atoms with Crippen molar-refractivity contribution in [1.29, 1.82) is 0 Å². The van der Waals surface area contributed by atoms with Gasteiger partial charge in [-0.1, -0.05) is 23.2 Å². The predicted molar refractivity (Wildman–Crippen MR) is 71.8 cm³/mol. The van der Waals surface area contributed by atoms with Crippen LogP contribution in [0.1, 0.15) is 24.5 Å². The number of ether oxygens (including phenoxy) is 1. The Labute approximate surface area is 112 Å². The van der Waals surface area contributed by atoms with E-state index in [0.29, 0.717) is 10.9 Å². The van der Waals surface area contributed by atoms with Gasteiger partial charge < -0.3 is 10.1 Å². The minimum atomic E-state index is 0.0578. The average molecular weight is 274 g/mol. The molecule has 17 heavy (non-hydrogen) atoms. The van der Waals surface area contributed by atoms with Crippen molar-refractivity contribution in [3.05, 3.63) is 33.8 Å². The first-order valence-corrected chi connectivity index (χ1v) is 6.69. The molecule has 2 unspecified atom stereocenters. The summed E-state index contributed by atoms with van der Waals surface area (Å²) in [6, 6.07) is 5.57. The van der Waals surface area contributed by atoms with Crippen LogP contribution in [0.2, 0.25) is 10.0 Å². The van der Waals surface area contributed by atoms with Gasteiger partial charge in [0.2, 0.25) is 0 Å². The van der Waals surface area contributed by atoms with Gasteiger partial charge in [0.15, 0.2) is 0 Å². The second-order valence-electron chi connectivity index (χ2n) is 4.42. The van der Waals surface area contributed by atoms with Crippen molar-refractivity contribution < 1.29 is 4.74 Å². The molecule has 2 nitrogen and oxygen atoms in total. The quantitative estimate of drug-likeness (QED) is 0.907. The molecule has 1 fully saturated rings. The maximum absolute atomic E-state index is 6.24. The van der Waals surface area contributed by atoms with Crippen LogP contribution in [-0.4, -0.2) is 20.2 Å². The van der Waals surface area contributed by atoms with Crippen LogP contribution < -0.4 is 5.32 Å². The zero-order valence-electron chi connectivity index (χ0n) is 9.88. The first-order chi connectivity index (χ1) is 8.22. The van der Waals surface area contributed by atoms with Crippen molar-refractivity contribution in [2.45, 2.75) is 18.9 Å². The fourth-order valence-corrected chi connectivity index (χ4v) is 2.80. The van der Waals surface area contributed by atoms with Gasteiger partial charge in [0.05, 0.1) is 6.10 Å². The van der Waals surface area contributed by atoms with Crippen molar-refractivity contribution in [3.63, 3.8) is 0 Å². The molecular weight excluding hydrogens is 257 g/mol. The van der Waals surface area contributed by atoms with Gasteiger partial charge >= 0.3 is 0 Å². The average Bonchev–Trinajstić information content (AvgIpc) is 2.34. The number of hydrogen-bond acceptors (Lipinski definition) is 2. The number of benzene rings is 1. The molecule has 0 bridgehead atoms. The van der Waals surface area contributed by atoms with E-state index in [2.05, 4.69) is 5.32 Å². The lowest BCUT2D eigenvalue weighted by molar-refractivity contribution is -0.0271. The molecule has 1 aliphatic heterocycles. The van der Waals surface area contributed by atoms with Crippen LogP contribution in [0.3, 0.4) is 0 Å². The highest BCUT2D eigenvalue weighted by Gasteiger charge is 2.28. The standard InChI is InChI=1S/C13H17Cl2NO/c1-16-8-9-3-2-6-17-13(9)11-7-10(14)4-5-12(11)15/h4-5,7,9,13,16H,2-3,6,8H2,1H3. The Hall–Kier alpha value is -0.280. The summed E-state index contributed by atoms with van der Waals surface area (Å²) in [6.07, 6.45) is 2.33. The van der Waals surface area contributed by atoms with Crippen molar-refractivity contribution in [2.24, 2.45) is 5.92 Å². The van der Waals surface area contributed by atoms with Gasteiger partial charge in [0.1, 0.15) is 0 Å². The Balaban J connectivity index is 2.25. The number of halogens is 2. The van der Waals surface area contributed by atoms with Gasteiger partial charge in [0, 0.05) is 34.7 Å². The van der Waals surface area contributed by atoms with E-state index in [9.17, 15) is 0 Å². The molecule has 0 amide bonds. The normalized spacial score (nSPS) is 24.9. The summed E-state index contributed by atoms with van der Waals surface area (Å²) in [5.41, 5.74) is 1.01. The van der Waals surface area contributed by atoms with Gasteiger partial charge in [-0.3, -0.25) is 0 Å². The number of hydrogen-bond donors (Lipinski definition) is 1. The molecule has 1 saturated heterocycles. The third-order valence-corrected chi connectivity index (χ3v) is 3.76. The van der Waals surface area contributed by atoms with Crippen LogP contribution in [0.4, 0.5) is 0 Å². The molecule has 1 N–H and O–H groups in total. The van der Waals surface area contributed by atoms with E-state index >= 15 is 0 Å². The highest BCUT2D eigenvalue weighted by Crippen LogP contribution is 2.37. The lowest BCUT2D eigenvalue weighted by Crippen LogP contribution is -2.30. The Bertz CT molecular complexity index is 382. The smallest absolute Gasteiger partial charge is 0.0880 e. The van der Waals surface area contributed by atoms with E-state index in [1.807, 2.05) is 25.2 Å². The molecule has 4 heteroatoms. The predicted octanol–water partition coefficient (Wildman–Crippen LogP) is 3.68. The second kappa shape index (κ2) is 6.05. The van der Waals surface area contributed by atoms with Crippen molar-refractivity contribution in [2.75, 3.05) is 20.2 Å². The minimum Gasteiger partial charge on any atom is -0.373 e. The minimum absolute atomic E-state index is 0.0578.